The smallest absolute Gasteiger partial charge is 0.317 e. The molecule has 0 unspecified atom stereocenters. The summed E-state index contributed by atoms with van der Waals surface area (Å²) in [5.74, 6) is -1.92. The Kier molecular flexibility index (Phi) is 6.00. The van der Waals surface area contributed by atoms with Gasteiger partial charge in [0.05, 0.1) is 6.61 Å². The highest BCUT2D eigenvalue weighted by Gasteiger charge is 2.07. The van der Waals surface area contributed by atoms with Gasteiger partial charge in [0.2, 0.25) is 0 Å². The number of aliphatic carboxylic acids is 1. The minimum atomic E-state index is -1.18. The van der Waals surface area contributed by atoms with Crippen LogP contribution in [0.3, 0.4) is 0 Å². The summed E-state index contributed by atoms with van der Waals surface area (Å²) < 4.78 is 9.37. The molecular weight excluding hydrogens is 164 g/mol. The number of rotatable bonds is 6. The van der Waals surface area contributed by atoms with Gasteiger partial charge in [0.1, 0.15) is 13.0 Å². The van der Waals surface area contributed by atoms with Crippen LogP contribution < -0.4 is 0 Å². The van der Waals surface area contributed by atoms with E-state index in [2.05, 4.69) is 4.74 Å². The first-order chi connectivity index (χ1) is 5.66. The van der Waals surface area contributed by atoms with Gasteiger partial charge >= 0.3 is 11.9 Å². The normalized spacial score (nSPS) is 9.42. The van der Waals surface area contributed by atoms with Crippen molar-refractivity contribution in [3.8, 4) is 0 Å². The number of hydrogen-bond acceptors (Lipinski definition) is 4. The summed E-state index contributed by atoms with van der Waals surface area (Å²) in [5.41, 5.74) is 0. The molecule has 0 radical (unpaired) electrons. The van der Waals surface area contributed by atoms with Crippen LogP contribution in [0.25, 0.3) is 0 Å². The lowest BCUT2D eigenvalue weighted by molar-refractivity contribution is -0.152. The minimum absolute atomic E-state index is 0.111. The summed E-state index contributed by atoms with van der Waals surface area (Å²) in [5, 5.41) is 8.15. The molecule has 5 heteroatoms. The standard InChI is InChI=1S/C7H12O5/c1-2-11-3-4-12-7(10)5-6(8)9/h2-5H2,1H3,(H,8,9). The number of carboxylic acid groups (broad SMARTS) is 1. The number of carboxylic acids is 1. The van der Waals surface area contributed by atoms with E-state index in [0.717, 1.165) is 0 Å². The summed E-state index contributed by atoms with van der Waals surface area (Å²) in [4.78, 5) is 20.5. The highest BCUT2D eigenvalue weighted by molar-refractivity contribution is 5.90. The largest absolute Gasteiger partial charge is 0.481 e. The molecule has 0 saturated carbocycles. The Balaban J connectivity index is 3.26. The van der Waals surface area contributed by atoms with Gasteiger partial charge in [-0.05, 0) is 6.92 Å². The molecule has 0 bridgehead atoms. The molecule has 0 amide bonds. The van der Waals surface area contributed by atoms with E-state index < -0.39 is 18.4 Å². The molecule has 0 saturated heterocycles. The second-order valence-electron chi connectivity index (χ2n) is 1.99. The summed E-state index contributed by atoms with van der Waals surface area (Å²) >= 11 is 0. The van der Waals surface area contributed by atoms with Crippen molar-refractivity contribution in [2.45, 2.75) is 13.3 Å². The maximum Gasteiger partial charge on any atom is 0.317 e. The van der Waals surface area contributed by atoms with Gasteiger partial charge in [0.25, 0.3) is 0 Å². The number of hydrogen-bond donors (Lipinski definition) is 1. The molecule has 0 rings (SSSR count). The van der Waals surface area contributed by atoms with Gasteiger partial charge in [-0.15, -0.1) is 0 Å². The summed E-state index contributed by atoms with van der Waals surface area (Å²) in [6.07, 6.45) is -0.591. The Hall–Kier alpha value is -1.10. The fourth-order valence-electron chi connectivity index (χ4n) is 0.533. The SMILES string of the molecule is CCOCCOC(=O)CC(=O)O. The number of esters is 1. The first-order valence-electron chi connectivity index (χ1n) is 3.62. The second kappa shape index (κ2) is 6.60. The zero-order valence-corrected chi connectivity index (χ0v) is 6.91. The Morgan fingerprint density at radius 3 is 2.50 bits per heavy atom. The quantitative estimate of drug-likeness (QED) is 0.351. The Morgan fingerprint density at radius 2 is 2.00 bits per heavy atom. The second-order valence-corrected chi connectivity index (χ2v) is 1.99. The van der Waals surface area contributed by atoms with Crippen molar-refractivity contribution in [1.29, 1.82) is 0 Å². The molecule has 0 atom stereocenters. The summed E-state index contributed by atoms with van der Waals surface area (Å²) in [6.45, 7) is 2.79. The lowest BCUT2D eigenvalue weighted by atomic mass is 10.4. The van der Waals surface area contributed by atoms with Gasteiger partial charge in [-0.3, -0.25) is 9.59 Å². The zero-order valence-electron chi connectivity index (χ0n) is 6.91. The number of ether oxygens (including phenoxy) is 2. The van der Waals surface area contributed by atoms with Crippen LogP contribution in [0.4, 0.5) is 0 Å². The van der Waals surface area contributed by atoms with Crippen LogP contribution in [0.1, 0.15) is 13.3 Å². The van der Waals surface area contributed by atoms with E-state index in [1.807, 2.05) is 6.92 Å². The van der Waals surface area contributed by atoms with Crippen LogP contribution in [-0.2, 0) is 19.1 Å². The molecule has 12 heavy (non-hydrogen) atoms. The topological polar surface area (TPSA) is 72.8 Å². The Labute approximate surface area is 70.3 Å². The molecule has 70 valence electrons. The zero-order chi connectivity index (χ0) is 9.40. The lowest BCUT2D eigenvalue weighted by Gasteiger charge is -2.02. The predicted octanol–water partition coefficient (Wildman–Crippen LogP) is 0.0408. The van der Waals surface area contributed by atoms with Crippen LogP contribution in [0, 0.1) is 0 Å². The van der Waals surface area contributed by atoms with Crippen LogP contribution in [-0.4, -0.2) is 36.9 Å². The number of carbonyl (C=O) groups excluding carboxylic acids is 1. The molecule has 0 aromatic carbocycles. The third-order valence-corrected chi connectivity index (χ3v) is 0.990. The van der Waals surface area contributed by atoms with Gasteiger partial charge < -0.3 is 14.6 Å². The van der Waals surface area contributed by atoms with Gasteiger partial charge in [-0.1, -0.05) is 0 Å². The lowest BCUT2D eigenvalue weighted by Crippen LogP contribution is -2.13. The third kappa shape index (κ3) is 7.01. The first-order valence-corrected chi connectivity index (χ1v) is 3.62. The molecule has 0 fully saturated rings. The van der Waals surface area contributed by atoms with Crippen LogP contribution in [0.2, 0.25) is 0 Å². The summed E-state index contributed by atoms with van der Waals surface area (Å²) in [6, 6.07) is 0. The summed E-state index contributed by atoms with van der Waals surface area (Å²) in [7, 11) is 0. The van der Waals surface area contributed by atoms with E-state index in [0.29, 0.717) is 13.2 Å². The molecule has 0 aromatic rings. The number of carbonyl (C=O) groups is 2. The highest BCUT2D eigenvalue weighted by atomic mass is 16.6. The van der Waals surface area contributed by atoms with Crippen LogP contribution in [0.5, 0.6) is 0 Å². The van der Waals surface area contributed by atoms with Crippen molar-refractivity contribution in [2.75, 3.05) is 19.8 Å². The van der Waals surface area contributed by atoms with Crippen molar-refractivity contribution >= 4 is 11.9 Å². The monoisotopic (exact) mass is 176 g/mol. The Morgan fingerprint density at radius 1 is 1.33 bits per heavy atom. The van der Waals surface area contributed by atoms with E-state index in [1.165, 1.54) is 0 Å². The van der Waals surface area contributed by atoms with Gasteiger partial charge in [0, 0.05) is 6.61 Å². The fraction of sp³-hybridized carbons (Fsp3) is 0.714. The van der Waals surface area contributed by atoms with Crippen molar-refractivity contribution in [2.24, 2.45) is 0 Å². The third-order valence-electron chi connectivity index (χ3n) is 0.990. The van der Waals surface area contributed by atoms with Crippen molar-refractivity contribution in [1.82, 2.24) is 0 Å². The fourth-order valence-corrected chi connectivity index (χ4v) is 0.533. The van der Waals surface area contributed by atoms with E-state index in [1.54, 1.807) is 0 Å². The molecule has 5 nitrogen and oxygen atoms in total. The van der Waals surface area contributed by atoms with E-state index in [-0.39, 0.29) is 6.61 Å². The Bertz CT molecular complexity index is 154. The molecular formula is C7H12O5. The van der Waals surface area contributed by atoms with Gasteiger partial charge in [0.15, 0.2) is 0 Å². The first kappa shape index (κ1) is 10.9. The highest BCUT2D eigenvalue weighted by Crippen LogP contribution is 1.86. The van der Waals surface area contributed by atoms with Crippen molar-refractivity contribution in [3.05, 3.63) is 0 Å². The molecule has 0 aliphatic carbocycles. The van der Waals surface area contributed by atoms with Crippen molar-refractivity contribution in [3.63, 3.8) is 0 Å². The van der Waals surface area contributed by atoms with Gasteiger partial charge in [-0.2, -0.15) is 0 Å². The van der Waals surface area contributed by atoms with Crippen molar-refractivity contribution < 1.29 is 24.2 Å². The predicted molar refractivity (Wildman–Crippen MR) is 39.7 cm³/mol. The molecule has 0 heterocycles. The molecule has 0 aliphatic heterocycles. The maximum atomic E-state index is 10.6. The maximum absolute atomic E-state index is 10.6. The molecule has 1 N–H and O–H groups in total. The van der Waals surface area contributed by atoms with E-state index in [9.17, 15) is 9.59 Å². The van der Waals surface area contributed by atoms with Gasteiger partial charge in [-0.25, -0.2) is 0 Å². The average Bonchev–Trinajstić information content (AvgIpc) is 1.97. The minimum Gasteiger partial charge on any atom is -0.481 e. The van der Waals surface area contributed by atoms with Crippen LogP contribution in [0.15, 0.2) is 0 Å². The van der Waals surface area contributed by atoms with E-state index in [4.69, 9.17) is 9.84 Å². The molecule has 0 aromatic heterocycles. The van der Waals surface area contributed by atoms with Crippen LogP contribution >= 0.6 is 0 Å². The van der Waals surface area contributed by atoms with E-state index >= 15 is 0 Å². The molecule has 0 aliphatic rings. The molecule has 0 spiro atoms. The average molecular weight is 176 g/mol.